The second-order valence-electron chi connectivity index (χ2n) is 6.86. The van der Waals surface area contributed by atoms with E-state index in [4.69, 9.17) is 0 Å². The summed E-state index contributed by atoms with van der Waals surface area (Å²) >= 11 is 0. The third-order valence-corrected chi connectivity index (χ3v) is 5.12. The van der Waals surface area contributed by atoms with Crippen molar-refractivity contribution < 1.29 is 4.79 Å². The van der Waals surface area contributed by atoms with Gasteiger partial charge in [-0.3, -0.25) is 4.90 Å². The van der Waals surface area contributed by atoms with Crippen LogP contribution in [0.3, 0.4) is 0 Å². The SMILES string of the molecule is CCn1ccnc1CN1CC[C@H](CNC(=O)NC2CCCC2)C1. The van der Waals surface area contributed by atoms with Crippen molar-refractivity contribution in [1.29, 1.82) is 0 Å². The zero-order valence-corrected chi connectivity index (χ0v) is 14.1. The molecule has 1 aliphatic heterocycles. The van der Waals surface area contributed by atoms with Gasteiger partial charge >= 0.3 is 6.03 Å². The molecule has 0 bridgehead atoms. The van der Waals surface area contributed by atoms with Crippen LogP contribution in [0.5, 0.6) is 0 Å². The Kier molecular flexibility index (Phi) is 5.54. The topological polar surface area (TPSA) is 62.2 Å². The minimum atomic E-state index is 0.0110. The summed E-state index contributed by atoms with van der Waals surface area (Å²) in [5.74, 6) is 1.69. The minimum absolute atomic E-state index is 0.0110. The third-order valence-electron chi connectivity index (χ3n) is 5.12. The predicted molar refractivity (Wildman–Crippen MR) is 90.1 cm³/mol. The number of urea groups is 1. The van der Waals surface area contributed by atoms with E-state index in [2.05, 4.69) is 32.0 Å². The van der Waals surface area contributed by atoms with Crippen LogP contribution >= 0.6 is 0 Å². The maximum absolute atomic E-state index is 11.9. The van der Waals surface area contributed by atoms with E-state index in [1.165, 1.54) is 12.8 Å². The van der Waals surface area contributed by atoms with Crippen LogP contribution in [0, 0.1) is 5.92 Å². The number of hydrogen-bond acceptors (Lipinski definition) is 3. The van der Waals surface area contributed by atoms with E-state index in [1.807, 2.05) is 12.4 Å². The van der Waals surface area contributed by atoms with E-state index in [0.717, 1.165) is 57.8 Å². The summed E-state index contributed by atoms with van der Waals surface area (Å²) in [6.45, 7) is 6.93. The lowest BCUT2D eigenvalue weighted by atomic mass is 10.1. The lowest BCUT2D eigenvalue weighted by Gasteiger charge is -2.17. The number of nitrogens with zero attached hydrogens (tertiary/aromatic N) is 3. The second-order valence-corrected chi connectivity index (χ2v) is 6.86. The largest absolute Gasteiger partial charge is 0.338 e. The summed E-state index contributed by atoms with van der Waals surface area (Å²) in [5.41, 5.74) is 0. The molecule has 6 nitrogen and oxygen atoms in total. The Balaban J connectivity index is 1.37. The van der Waals surface area contributed by atoms with Crippen LogP contribution in [-0.4, -0.2) is 46.2 Å². The summed E-state index contributed by atoms with van der Waals surface area (Å²) in [6, 6.07) is 0.403. The Morgan fingerprint density at radius 1 is 1.35 bits per heavy atom. The summed E-state index contributed by atoms with van der Waals surface area (Å²) in [7, 11) is 0. The second kappa shape index (κ2) is 7.81. The first-order valence-corrected chi connectivity index (χ1v) is 9.01. The maximum atomic E-state index is 11.9. The van der Waals surface area contributed by atoms with Gasteiger partial charge in [-0.2, -0.15) is 0 Å². The Morgan fingerprint density at radius 2 is 2.17 bits per heavy atom. The molecule has 2 amide bonds. The number of carbonyl (C=O) groups is 1. The standard InChI is InChI=1S/C17H29N5O/c1-2-22-10-8-18-16(22)13-21-9-7-14(12-21)11-19-17(23)20-15-5-3-4-6-15/h8,10,14-15H,2-7,9,11-13H2,1H3,(H2,19,20,23)/t14-/m1/s1. The minimum Gasteiger partial charge on any atom is -0.338 e. The smallest absolute Gasteiger partial charge is 0.315 e. The molecule has 1 aromatic rings. The van der Waals surface area contributed by atoms with Gasteiger partial charge in [-0.15, -0.1) is 0 Å². The number of carbonyl (C=O) groups excluding carboxylic acids is 1. The third kappa shape index (κ3) is 4.47. The van der Waals surface area contributed by atoms with E-state index in [-0.39, 0.29) is 6.03 Å². The molecule has 1 aromatic heterocycles. The van der Waals surface area contributed by atoms with Crippen molar-refractivity contribution >= 4 is 6.03 Å². The van der Waals surface area contributed by atoms with Gasteiger partial charge in [0.05, 0.1) is 6.54 Å². The van der Waals surface area contributed by atoms with Crippen LogP contribution in [0.2, 0.25) is 0 Å². The molecule has 1 saturated carbocycles. The maximum Gasteiger partial charge on any atom is 0.315 e. The zero-order valence-electron chi connectivity index (χ0n) is 14.1. The lowest BCUT2D eigenvalue weighted by Crippen LogP contribution is -2.42. The van der Waals surface area contributed by atoms with Gasteiger partial charge in [0.2, 0.25) is 0 Å². The quantitative estimate of drug-likeness (QED) is 0.842. The Morgan fingerprint density at radius 3 is 2.96 bits per heavy atom. The van der Waals surface area contributed by atoms with Crippen LogP contribution in [0.15, 0.2) is 12.4 Å². The molecule has 2 fully saturated rings. The molecule has 1 atom stereocenters. The molecule has 2 N–H and O–H groups in total. The van der Waals surface area contributed by atoms with Gasteiger partial charge < -0.3 is 15.2 Å². The van der Waals surface area contributed by atoms with Crippen LogP contribution in [0.4, 0.5) is 4.79 Å². The van der Waals surface area contributed by atoms with E-state index < -0.39 is 0 Å². The molecular formula is C17H29N5O. The van der Waals surface area contributed by atoms with Crippen molar-refractivity contribution in [3.05, 3.63) is 18.2 Å². The average molecular weight is 319 g/mol. The Hall–Kier alpha value is -1.56. The highest BCUT2D eigenvalue weighted by atomic mass is 16.2. The number of hydrogen-bond donors (Lipinski definition) is 2. The van der Waals surface area contributed by atoms with E-state index in [9.17, 15) is 4.79 Å². The van der Waals surface area contributed by atoms with Crippen LogP contribution in [0.1, 0.15) is 44.9 Å². The highest BCUT2D eigenvalue weighted by molar-refractivity contribution is 5.74. The molecule has 6 heteroatoms. The van der Waals surface area contributed by atoms with Gasteiger partial charge in [-0.1, -0.05) is 12.8 Å². The number of imidazole rings is 1. The Labute approximate surface area is 138 Å². The summed E-state index contributed by atoms with van der Waals surface area (Å²) in [5, 5.41) is 6.14. The normalized spacial score (nSPS) is 22.6. The molecule has 0 unspecified atom stereocenters. The molecule has 0 aromatic carbocycles. The van der Waals surface area contributed by atoms with Gasteiger partial charge in [0.25, 0.3) is 0 Å². The van der Waals surface area contributed by atoms with E-state index in [0.29, 0.717) is 12.0 Å². The van der Waals surface area contributed by atoms with Gasteiger partial charge in [0.1, 0.15) is 5.82 Å². The molecule has 128 valence electrons. The predicted octanol–water partition coefficient (Wildman–Crippen LogP) is 1.97. The number of aryl methyl sites for hydroxylation is 1. The van der Waals surface area contributed by atoms with Gasteiger partial charge in [0, 0.05) is 38.1 Å². The first kappa shape index (κ1) is 16.3. The lowest BCUT2D eigenvalue weighted by molar-refractivity contribution is 0.234. The molecule has 3 rings (SSSR count). The summed E-state index contributed by atoms with van der Waals surface area (Å²) < 4.78 is 2.20. The van der Waals surface area contributed by atoms with Gasteiger partial charge in [0.15, 0.2) is 0 Å². The fourth-order valence-electron chi connectivity index (χ4n) is 3.75. The fraction of sp³-hybridized carbons (Fsp3) is 0.765. The van der Waals surface area contributed by atoms with Crippen LogP contribution in [0.25, 0.3) is 0 Å². The number of nitrogens with one attached hydrogen (secondary N) is 2. The Bertz CT molecular complexity index is 509. The van der Waals surface area contributed by atoms with E-state index in [1.54, 1.807) is 0 Å². The summed E-state index contributed by atoms with van der Waals surface area (Å²) in [4.78, 5) is 18.8. The first-order valence-electron chi connectivity index (χ1n) is 9.01. The fourth-order valence-corrected chi connectivity index (χ4v) is 3.75. The molecule has 23 heavy (non-hydrogen) atoms. The number of amides is 2. The highest BCUT2D eigenvalue weighted by Gasteiger charge is 2.24. The molecular weight excluding hydrogens is 290 g/mol. The van der Waals surface area contributed by atoms with Crippen molar-refractivity contribution in [3.8, 4) is 0 Å². The van der Waals surface area contributed by atoms with Crippen molar-refractivity contribution in [2.45, 2.75) is 58.2 Å². The van der Waals surface area contributed by atoms with Crippen molar-refractivity contribution in [2.24, 2.45) is 5.92 Å². The molecule has 0 spiro atoms. The monoisotopic (exact) mass is 319 g/mol. The number of likely N-dealkylation sites (tertiary alicyclic amines) is 1. The van der Waals surface area contributed by atoms with Gasteiger partial charge in [-0.05, 0) is 38.6 Å². The number of rotatable bonds is 6. The van der Waals surface area contributed by atoms with E-state index >= 15 is 0 Å². The average Bonchev–Trinajstić information content (AvgIpc) is 3.27. The molecule has 1 aliphatic carbocycles. The number of aromatic nitrogens is 2. The van der Waals surface area contributed by atoms with Crippen LogP contribution in [-0.2, 0) is 13.1 Å². The van der Waals surface area contributed by atoms with Crippen molar-refractivity contribution in [3.63, 3.8) is 0 Å². The molecule has 2 heterocycles. The first-order chi connectivity index (χ1) is 11.2. The van der Waals surface area contributed by atoms with Crippen molar-refractivity contribution in [2.75, 3.05) is 19.6 Å². The highest BCUT2D eigenvalue weighted by Crippen LogP contribution is 2.19. The molecule has 1 saturated heterocycles. The van der Waals surface area contributed by atoms with Crippen molar-refractivity contribution in [1.82, 2.24) is 25.1 Å². The van der Waals surface area contributed by atoms with Crippen LogP contribution < -0.4 is 10.6 Å². The molecule has 0 radical (unpaired) electrons. The van der Waals surface area contributed by atoms with Gasteiger partial charge in [-0.25, -0.2) is 9.78 Å². The molecule has 2 aliphatic rings. The zero-order chi connectivity index (χ0) is 16.1. The summed E-state index contributed by atoms with van der Waals surface area (Å²) in [6.07, 6.45) is 9.82.